The average Bonchev–Trinajstić information content (AvgIpc) is 2.36. The van der Waals surface area contributed by atoms with Crippen molar-refractivity contribution in [1.29, 1.82) is 0 Å². The fourth-order valence-corrected chi connectivity index (χ4v) is 0.727. The van der Waals surface area contributed by atoms with Gasteiger partial charge in [-0.15, -0.1) is 0 Å². The molecule has 0 N–H and O–H groups in total. The van der Waals surface area contributed by atoms with Crippen molar-refractivity contribution in [3.8, 4) is 0 Å². The molecule has 0 aliphatic carbocycles. The normalized spacial score (nSPS) is 10.3. The lowest BCUT2D eigenvalue weighted by atomic mass is 10.1. The molecule has 0 saturated carbocycles. The standard InChI is InChI=1S/C8H12N2/c1-7(2)8(3)10-5-4-9-6-10/h4-7H,3H2,1-2H3. The minimum absolute atomic E-state index is 0.481. The second-order valence-corrected chi connectivity index (χ2v) is 2.62. The molecule has 0 radical (unpaired) electrons. The van der Waals surface area contributed by atoms with Crippen molar-refractivity contribution < 1.29 is 0 Å². The fraction of sp³-hybridized carbons (Fsp3) is 0.375. The van der Waals surface area contributed by atoms with Crippen molar-refractivity contribution in [3.63, 3.8) is 0 Å². The molecule has 10 heavy (non-hydrogen) atoms. The van der Waals surface area contributed by atoms with Gasteiger partial charge in [-0.05, 0) is 5.92 Å². The van der Waals surface area contributed by atoms with Gasteiger partial charge in [0.2, 0.25) is 0 Å². The molecule has 54 valence electrons. The summed E-state index contributed by atoms with van der Waals surface area (Å²) in [7, 11) is 0. The van der Waals surface area contributed by atoms with Crippen LogP contribution in [0, 0.1) is 5.92 Å². The molecule has 0 aliphatic rings. The summed E-state index contributed by atoms with van der Waals surface area (Å²) in [6.45, 7) is 8.15. The molecule has 0 unspecified atom stereocenters. The van der Waals surface area contributed by atoms with E-state index in [-0.39, 0.29) is 0 Å². The van der Waals surface area contributed by atoms with Crippen LogP contribution >= 0.6 is 0 Å². The molecular weight excluding hydrogens is 124 g/mol. The molecule has 0 aliphatic heterocycles. The van der Waals surface area contributed by atoms with Crippen LogP contribution in [0.1, 0.15) is 13.8 Å². The Labute approximate surface area is 61.2 Å². The lowest BCUT2D eigenvalue weighted by Gasteiger charge is -2.08. The number of nitrogens with zero attached hydrogens (tertiary/aromatic N) is 2. The Hall–Kier alpha value is -1.05. The summed E-state index contributed by atoms with van der Waals surface area (Å²) in [6.07, 6.45) is 5.43. The first kappa shape index (κ1) is 7.06. The van der Waals surface area contributed by atoms with Crippen LogP contribution in [0.25, 0.3) is 5.70 Å². The highest BCUT2D eigenvalue weighted by Gasteiger charge is 1.99. The third-order valence-electron chi connectivity index (χ3n) is 1.50. The van der Waals surface area contributed by atoms with Gasteiger partial charge in [0.15, 0.2) is 0 Å². The molecule has 2 heteroatoms. The zero-order chi connectivity index (χ0) is 7.56. The highest BCUT2D eigenvalue weighted by Crippen LogP contribution is 2.11. The first-order valence-corrected chi connectivity index (χ1v) is 3.39. The van der Waals surface area contributed by atoms with Gasteiger partial charge in [-0.2, -0.15) is 0 Å². The zero-order valence-electron chi connectivity index (χ0n) is 6.41. The van der Waals surface area contributed by atoms with Crippen molar-refractivity contribution in [3.05, 3.63) is 25.3 Å². The summed E-state index contributed by atoms with van der Waals surface area (Å²) in [6, 6.07) is 0. The Bertz CT molecular complexity index is 209. The van der Waals surface area contributed by atoms with Gasteiger partial charge in [0.25, 0.3) is 0 Å². The van der Waals surface area contributed by atoms with Crippen LogP contribution < -0.4 is 0 Å². The van der Waals surface area contributed by atoms with Crippen molar-refractivity contribution in [2.75, 3.05) is 0 Å². The SMILES string of the molecule is C=C(C(C)C)n1ccnc1. The van der Waals surface area contributed by atoms with E-state index in [4.69, 9.17) is 0 Å². The molecule has 1 aromatic heterocycles. The maximum atomic E-state index is 3.93. The van der Waals surface area contributed by atoms with E-state index in [1.54, 1.807) is 12.5 Å². The maximum Gasteiger partial charge on any atom is 0.0989 e. The lowest BCUT2D eigenvalue weighted by Crippen LogP contribution is -1.98. The van der Waals surface area contributed by atoms with Gasteiger partial charge in [-0.1, -0.05) is 20.4 Å². The molecule has 0 saturated heterocycles. The monoisotopic (exact) mass is 136 g/mol. The smallest absolute Gasteiger partial charge is 0.0989 e. The minimum Gasteiger partial charge on any atom is -0.310 e. The first-order chi connectivity index (χ1) is 4.72. The minimum atomic E-state index is 0.481. The van der Waals surface area contributed by atoms with E-state index in [1.165, 1.54) is 0 Å². The van der Waals surface area contributed by atoms with Gasteiger partial charge in [0.05, 0.1) is 6.33 Å². The predicted molar refractivity (Wildman–Crippen MR) is 42.4 cm³/mol. The van der Waals surface area contributed by atoms with E-state index in [0.29, 0.717) is 5.92 Å². The molecule has 1 heterocycles. The average molecular weight is 136 g/mol. The molecule has 0 atom stereocenters. The number of allylic oxidation sites excluding steroid dienone is 1. The van der Waals surface area contributed by atoms with Crippen LogP contribution in [-0.2, 0) is 0 Å². The molecule has 2 nitrogen and oxygen atoms in total. The van der Waals surface area contributed by atoms with Gasteiger partial charge in [-0.25, -0.2) is 4.98 Å². The van der Waals surface area contributed by atoms with Crippen molar-refractivity contribution in [2.45, 2.75) is 13.8 Å². The molecule has 0 aromatic carbocycles. The summed E-state index contributed by atoms with van der Waals surface area (Å²) in [4.78, 5) is 3.93. The van der Waals surface area contributed by atoms with E-state index in [9.17, 15) is 0 Å². The van der Waals surface area contributed by atoms with Crippen LogP contribution in [0.4, 0.5) is 0 Å². The third-order valence-corrected chi connectivity index (χ3v) is 1.50. The van der Waals surface area contributed by atoms with Crippen LogP contribution in [0.2, 0.25) is 0 Å². The van der Waals surface area contributed by atoms with Gasteiger partial charge in [0.1, 0.15) is 0 Å². The van der Waals surface area contributed by atoms with Crippen molar-refractivity contribution >= 4 is 5.70 Å². The third kappa shape index (κ3) is 1.26. The van der Waals surface area contributed by atoms with Gasteiger partial charge < -0.3 is 4.57 Å². The van der Waals surface area contributed by atoms with Gasteiger partial charge in [0, 0.05) is 18.1 Å². The second kappa shape index (κ2) is 2.69. The van der Waals surface area contributed by atoms with E-state index in [1.807, 2.05) is 10.8 Å². The summed E-state index contributed by atoms with van der Waals surface area (Å²) in [5.74, 6) is 0.481. The van der Waals surface area contributed by atoms with E-state index < -0.39 is 0 Å². The second-order valence-electron chi connectivity index (χ2n) is 2.62. The molecule has 0 amide bonds. The molecular formula is C8H12N2. The summed E-state index contributed by atoms with van der Waals surface area (Å²) in [5, 5.41) is 0. The van der Waals surface area contributed by atoms with E-state index in [2.05, 4.69) is 25.4 Å². The predicted octanol–water partition coefficient (Wildman–Crippen LogP) is 2.01. The van der Waals surface area contributed by atoms with Gasteiger partial charge in [-0.3, -0.25) is 0 Å². The summed E-state index contributed by atoms with van der Waals surface area (Å²) in [5.41, 5.74) is 1.08. The Balaban J connectivity index is 2.78. The topological polar surface area (TPSA) is 17.8 Å². The van der Waals surface area contributed by atoms with Crippen molar-refractivity contribution in [1.82, 2.24) is 9.55 Å². The highest BCUT2D eigenvalue weighted by atomic mass is 15.0. The van der Waals surface area contributed by atoms with Crippen LogP contribution in [0.3, 0.4) is 0 Å². The van der Waals surface area contributed by atoms with Crippen LogP contribution in [-0.4, -0.2) is 9.55 Å². The fourth-order valence-electron chi connectivity index (χ4n) is 0.727. The largest absolute Gasteiger partial charge is 0.310 e. The molecule has 0 bridgehead atoms. The lowest BCUT2D eigenvalue weighted by molar-refractivity contribution is 0.793. The number of imidazole rings is 1. The number of aromatic nitrogens is 2. The Morgan fingerprint density at radius 1 is 1.60 bits per heavy atom. The molecule has 0 fully saturated rings. The number of hydrogen-bond donors (Lipinski definition) is 0. The molecule has 1 rings (SSSR count). The first-order valence-electron chi connectivity index (χ1n) is 3.39. The molecule has 0 spiro atoms. The Morgan fingerprint density at radius 3 is 2.70 bits per heavy atom. The Kier molecular flexibility index (Phi) is 1.90. The van der Waals surface area contributed by atoms with Crippen LogP contribution in [0.5, 0.6) is 0 Å². The van der Waals surface area contributed by atoms with E-state index >= 15 is 0 Å². The van der Waals surface area contributed by atoms with Crippen LogP contribution in [0.15, 0.2) is 25.3 Å². The van der Waals surface area contributed by atoms with Crippen molar-refractivity contribution in [2.24, 2.45) is 5.92 Å². The Morgan fingerprint density at radius 2 is 2.30 bits per heavy atom. The quantitative estimate of drug-likeness (QED) is 0.608. The maximum absolute atomic E-state index is 3.93. The molecule has 1 aromatic rings. The number of rotatable bonds is 2. The number of hydrogen-bond acceptors (Lipinski definition) is 1. The summed E-state index contributed by atoms with van der Waals surface area (Å²) >= 11 is 0. The van der Waals surface area contributed by atoms with Gasteiger partial charge >= 0.3 is 0 Å². The summed E-state index contributed by atoms with van der Waals surface area (Å²) < 4.78 is 1.94. The zero-order valence-corrected chi connectivity index (χ0v) is 6.41. The van der Waals surface area contributed by atoms with E-state index in [0.717, 1.165) is 5.70 Å². The highest BCUT2D eigenvalue weighted by molar-refractivity contribution is 5.42.